The molecule has 0 aliphatic heterocycles. The molecule has 0 fully saturated rings. The van der Waals surface area contributed by atoms with Gasteiger partial charge in [-0.2, -0.15) is 13.2 Å². The molecule has 1 aromatic carbocycles. The third kappa shape index (κ3) is 5.96. The summed E-state index contributed by atoms with van der Waals surface area (Å²) in [6.45, 7) is 4.35. The molecule has 19 heavy (non-hydrogen) atoms. The van der Waals surface area contributed by atoms with Crippen molar-refractivity contribution in [2.24, 2.45) is 0 Å². The number of halogens is 3. The molecule has 0 aliphatic carbocycles. The molecule has 2 atom stereocenters. The fraction of sp³-hybridized carbons (Fsp3) is 0.571. The number of rotatable bonds is 6. The summed E-state index contributed by atoms with van der Waals surface area (Å²) in [5, 5.41) is 0. The van der Waals surface area contributed by atoms with Crippen LogP contribution in [0, 0.1) is 0 Å². The Labute approximate surface area is 111 Å². The van der Waals surface area contributed by atoms with Crippen molar-refractivity contribution in [3.05, 3.63) is 29.8 Å². The molecule has 0 spiro atoms. The van der Waals surface area contributed by atoms with Crippen LogP contribution in [0.15, 0.2) is 24.3 Å². The van der Waals surface area contributed by atoms with Crippen molar-refractivity contribution < 1.29 is 22.6 Å². The van der Waals surface area contributed by atoms with E-state index in [0.29, 0.717) is 11.7 Å². The van der Waals surface area contributed by atoms with E-state index >= 15 is 0 Å². The highest BCUT2D eigenvalue weighted by atomic mass is 19.4. The molecule has 0 saturated carbocycles. The first-order valence-corrected chi connectivity index (χ1v) is 6.26. The summed E-state index contributed by atoms with van der Waals surface area (Å²) < 4.78 is 45.7. The van der Waals surface area contributed by atoms with Gasteiger partial charge in [0, 0.05) is 0 Å². The third-order valence-corrected chi connectivity index (χ3v) is 2.85. The van der Waals surface area contributed by atoms with Gasteiger partial charge in [0.2, 0.25) is 0 Å². The van der Waals surface area contributed by atoms with Crippen LogP contribution in [0.4, 0.5) is 13.2 Å². The third-order valence-electron chi connectivity index (χ3n) is 2.85. The largest absolute Gasteiger partial charge is 0.465 e. The molecule has 0 N–H and O–H groups in total. The zero-order valence-electron chi connectivity index (χ0n) is 11.3. The predicted octanol–water partition coefficient (Wildman–Crippen LogP) is 4.50. The van der Waals surface area contributed by atoms with Gasteiger partial charge in [-0.1, -0.05) is 26.0 Å². The first-order valence-electron chi connectivity index (χ1n) is 6.26. The summed E-state index contributed by atoms with van der Waals surface area (Å²) in [6.07, 6.45) is -4.24. The minimum absolute atomic E-state index is 0.452. The number of hydrogen-bond donors (Lipinski definition) is 0. The van der Waals surface area contributed by atoms with Gasteiger partial charge in [-0.15, -0.1) is 0 Å². The molecule has 1 aromatic rings. The summed E-state index contributed by atoms with van der Waals surface area (Å²) in [6, 6.07) is 7.32. The van der Waals surface area contributed by atoms with E-state index in [1.165, 1.54) is 12.5 Å². The van der Waals surface area contributed by atoms with Gasteiger partial charge in [-0.05, 0) is 37.0 Å². The molecule has 0 amide bonds. The van der Waals surface area contributed by atoms with Gasteiger partial charge in [0.25, 0.3) is 0 Å². The Morgan fingerprint density at radius 1 is 1.11 bits per heavy atom. The van der Waals surface area contributed by atoms with E-state index in [1.807, 2.05) is 12.1 Å². The second-order valence-corrected chi connectivity index (χ2v) is 4.49. The molecular formula is C14H19F3O2. The summed E-state index contributed by atoms with van der Waals surface area (Å²) in [5.41, 5.74) is 1.18. The molecule has 2 nitrogen and oxygen atoms in total. The van der Waals surface area contributed by atoms with Crippen LogP contribution in [0.1, 0.15) is 38.7 Å². The minimum Gasteiger partial charge on any atom is -0.465 e. The molecule has 0 radical (unpaired) electrons. The van der Waals surface area contributed by atoms with Crippen LogP contribution >= 0.6 is 0 Å². The Bertz CT molecular complexity index is 373. The first-order chi connectivity index (χ1) is 8.81. The van der Waals surface area contributed by atoms with Crippen molar-refractivity contribution in [1.29, 1.82) is 0 Å². The first kappa shape index (κ1) is 15.8. The predicted molar refractivity (Wildman–Crippen MR) is 67.2 cm³/mol. The smallest absolute Gasteiger partial charge is 0.411 e. The van der Waals surface area contributed by atoms with Crippen LogP contribution in [-0.4, -0.2) is 19.1 Å². The molecule has 0 saturated heterocycles. The highest BCUT2D eigenvalue weighted by Gasteiger charge is 2.28. The molecule has 108 valence electrons. The second kappa shape index (κ2) is 6.80. The van der Waals surface area contributed by atoms with Gasteiger partial charge in [-0.25, -0.2) is 0 Å². The van der Waals surface area contributed by atoms with E-state index in [-0.39, 0.29) is 0 Å². The number of benzene rings is 1. The summed E-state index contributed by atoms with van der Waals surface area (Å²) in [4.78, 5) is 0. The molecule has 0 aliphatic rings. The van der Waals surface area contributed by atoms with Crippen LogP contribution in [0.5, 0.6) is 5.75 Å². The van der Waals surface area contributed by atoms with Crippen molar-refractivity contribution in [3.8, 4) is 5.75 Å². The van der Waals surface area contributed by atoms with Crippen LogP contribution in [0.3, 0.4) is 0 Å². The Morgan fingerprint density at radius 3 is 2.16 bits per heavy atom. The minimum atomic E-state index is -4.34. The molecular weight excluding hydrogens is 257 g/mol. The van der Waals surface area contributed by atoms with Gasteiger partial charge in [0.15, 0.2) is 6.29 Å². The number of hydrogen-bond acceptors (Lipinski definition) is 2. The van der Waals surface area contributed by atoms with Crippen molar-refractivity contribution in [2.45, 2.75) is 45.6 Å². The van der Waals surface area contributed by atoms with Crippen molar-refractivity contribution in [1.82, 2.24) is 0 Å². The van der Waals surface area contributed by atoms with E-state index in [2.05, 4.69) is 18.6 Å². The maximum Gasteiger partial charge on any atom is 0.411 e. The Morgan fingerprint density at radius 2 is 1.68 bits per heavy atom. The number of ether oxygens (including phenoxy) is 2. The van der Waals surface area contributed by atoms with E-state index in [0.717, 1.165) is 6.42 Å². The second-order valence-electron chi connectivity index (χ2n) is 4.49. The van der Waals surface area contributed by atoms with E-state index < -0.39 is 19.1 Å². The molecule has 1 rings (SSSR count). The summed E-state index contributed by atoms with van der Waals surface area (Å²) in [5.74, 6) is 0.953. The highest BCUT2D eigenvalue weighted by molar-refractivity contribution is 5.29. The molecule has 0 heterocycles. The van der Waals surface area contributed by atoms with Gasteiger partial charge in [0.05, 0.1) is 0 Å². The van der Waals surface area contributed by atoms with Gasteiger partial charge in [0.1, 0.15) is 12.4 Å². The lowest BCUT2D eigenvalue weighted by Crippen LogP contribution is -2.25. The lowest BCUT2D eigenvalue weighted by Gasteiger charge is -2.17. The van der Waals surface area contributed by atoms with E-state index in [9.17, 15) is 13.2 Å². The zero-order chi connectivity index (χ0) is 14.5. The molecule has 0 bridgehead atoms. The van der Waals surface area contributed by atoms with Crippen LogP contribution < -0.4 is 4.74 Å². The van der Waals surface area contributed by atoms with Gasteiger partial charge >= 0.3 is 6.18 Å². The molecule has 0 aromatic heterocycles. The SMILES string of the molecule is CCC(C)c1ccc(OC(C)OCC(F)(F)F)cc1. The lowest BCUT2D eigenvalue weighted by molar-refractivity contribution is -0.206. The standard InChI is InChI=1S/C14H19F3O2/c1-4-10(2)12-5-7-13(8-6-12)19-11(3)18-9-14(15,16)17/h5-8,10-11H,4,9H2,1-3H3. The average molecular weight is 276 g/mol. The monoisotopic (exact) mass is 276 g/mol. The van der Waals surface area contributed by atoms with Crippen LogP contribution in [0.2, 0.25) is 0 Å². The van der Waals surface area contributed by atoms with Gasteiger partial charge in [-0.3, -0.25) is 0 Å². The normalized spacial score (nSPS) is 15.1. The number of alkyl halides is 3. The van der Waals surface area contributed by atoms with Crippen molar-refractivity contribution >= 4 is 0 Å². The Balaban J connectivity index is 2.49. The van der Waals surface area contributed by atoms with Gasteiger partial charge < -0.3 is 9.47 Å². The fourth-order valence-corrected chi connectivity index (χ4v) is 1.55. The lowest BCUT2D eigenvalue weighted by atomic mass is 9.99. The maximum atomic E-state index is 12.0. The summed E-state index contributed by atoms with van der Waals surface area (Å²) in [7, 11) is 0. The summed E-state index contributed by atoms with van der Waals surface area (Å²) >= 11 is 0. The Hall–Kier alpha value is -1.23. The maximum absolute atomic E-state index is 12.0. The quantitative estimate of drug-likeness (QED) is 0.712. The van der Waals surface area contributed by atoms with E-state index in [4.69, 9.17) is 4.74 Å². The molecule has 2 unspecified atom stereocenters. The van der Waals surface area contributed by atoms with E-state index in [1.54, 1.807) is 12.1 Å². The average Bonchev–Trinajstić information content (AvgIpc) is 2.35. The zero-order valence-corrected chi connectivity index (χ0v) is 11.3. The van der Waals surface area contributed by atoms with Crippen molar-refractivity contribution in [2.75, 3.05) is 6.61 Å². The van der Waals surface area contributed by atoms with Crippen LogP contribution in [0.25, 0.3) is 0 Å². The highest BCUT2D eigenvalue weighted by Crippen LogP contribution is 2.22. The topological polar surface area (TPSA) is 18.5 Å². The fourth-order valence-electron chi connectivity index (χ4n) is 1.55. The van der Waals surface area contributed by atoms with Crippen molar-refractivity contribution in [3.63, 3.8) is 0 Å². The molecule has 5 heteroatoms. The van der Waals surface area contributed by atoms with Crippen LogP contribution in [-0.2, 0) is 4.74 Å². The Kier molecular flexibility index (Phi) is 5.66.